The van der Waals surface area contributed by atoms with E-state index in [0.717, 1.165) is 29.3 Å². The van der Waals surface area contributed by atoms with Gasteiger partial charge in [-0.2, -0.15) is 0 Å². The van der Waals surface area contributed by atoms with Crippen LogP contribution in [0.4, 0.5) is 4.79 Å². The van der Waals surface area contributed by atoms with E-state index in [1.807, 2.05) is 31.4 Å². The lowest BCUT2D eigenvalue weighted by atomic mass is 10.1. The predicted molar refractivity (Wildman–Crippen MR) is 98.5 cm³/mol. The van der Waals surface area contributed by atoms with Crippen LogP contribution in [0.1, 0.15) is 39.5 Å². The maximum atomic E-state index is 12.8. The number of carbonyl (C=O) groups is 3. The van der Waals surface area contributed by atoms with Crippen LogP contribution in [0.5, 0.6) is 0 Å². The van der Waals surface area contributed by atoms with Gasteiger partial charge >= 0.3 is 6.03 Å². The molecule has 26 heavy (non-hydrogen) atoms. The molecule has 0 aromatic carbocycles. The summed E-state index contributed by atoms with van der Waals surface area (Å²) in [6, 6.07) is 5.26. The molecule has 4 heterocycles. The molecular formula is C19H21N3O3S. The molecule has 2 aliphatic heterocycles. The van der Waals surface area contributed by atoms with E-state index in [2.05, 4.69) is 10.6 Å². The Labute approximate surface area is 156 Å². The molecule has 0 bridgehead atoms. The third-order valence-corrected chi connectivity index (χ3v) is 6.21. The van der Waals surface area contributed by atoms with Crippen molar-refractivity contribution in [2.24, 2.45) is 0 Å². The zero-order valence-corrected chi connectivity index (χ0v) is 15.7. The molecule has 4 rings (SSSR count). The van der Waals surface area contributed by atoms with Crippen molar-refractivity contribution >= 4 is 29.1 Å². The van der Waals surface area contributed by atoms with Crippen LogP contribution < -0.4 is 0 Å². The molecule has 2 aliphatic rings. The lowest BCUT2D eigenvalue weighted by molar-refractivity contribution is -0.127. The van der Waals surface area contributed by atoms with Crippen LogP contribution in [-0.4, -0.2) is 51.2 Å². The summed E-state index contributed by atoms with van der Waals surface area (Å²) in [6.07, 6.45) is 1.55. The number of imide groups is 1. The molecule has 3 amide bonds. The Morgan fingerprint density at radius 2 is 2.12 bits per heavy atom. The zero-order chi connectivity index (χ0) is 18.4. The highest BCUT2D eigenvalue weighted by atomic mass is 32.1. The Morgan fingerprint density at radius 1 is 1.31 bits per heavy atom. The standard InChI is InChI=1S/C19H21N3O3S/c1-12-9-15(13(2)21(12)10-14-5-4-8-26-14)17(23)11-22-18(24)16-6-3-7-20(16)19(22)25/h4-5,8-9,16H,3,6-7,10-11H2,1-2H3/t16-/m1/s1. The Hall–Kier alpha value is -2.41. The van der Waals surface area contributed by atoms with Crippen molar-refractivity contribution in [3.05, 3.63) is 45.4 Å². The number of rotatable bonds is 5. The van der Waals surface area contributed by atoms with Gasteiger partial charge in [-0.25, -0.2) is 4.79 Å². The van der Waals surface area contributed by atoms with E-state index in [9.17, 15) is 14.4 Å². The molecule has 0 unspecified atom stereocenters. The number of hydrogen-bond donors (Lipinski definition) is 0. The fourth-order valence-corrected chi connectivity index (χ4v) is 4.63. The van der Waals surface area contributed by atoms with Gasteiger partial charge in [0.05, 0.1) is 13.1 Å². The third kappa shape index (κ3) is 2.67. The number of hydrogen-bond acceptors (Lipinski definition) is 4. The highest BCUT2D eigenvalue weighted by Crippen LogP contribution is 2.28. The van der Waals surface area contributed by atoms with E-state index in [4.69, 9.17) is 0 Å². The Balaban J connectivity index is 1.54. The van der Waals surface area contributed by atoms with Gasteiger partial charge in [0, 0.05) is 28.4 Å². The van der Waals surface area contributed by atoms with Gasteiger partial charge in [-0.1, -0.05) is 6.07 Å². The minimum atomic E-state index is -0.360. The van der Waals surface area contributed by atoms with Gasteiger partial charge in [0.25, 0.3) is 5.91 Å². The molecule has 2 saturated heterocycles. The Morgan fingerprint density at radius 3 is 2.81 bits per heavy atom. The van der Waals surface area contributed by atoms with E-state index in [1.54, 1.807) is 16.2 Å². The van der Waals surface area contributed by atoms with E-state index >= 15 is 0 Å². The lowest BCUT2D eigenvalue weighted by Gasteiger charge is -2.15. The number of fused-ring (bicyclic) bond motifs is 1. The topological polar surface area (TPSA) is 62.6 Å². The molecule has 0 radical (unpaired) electrons. The Bertz CT molecular complexity index is 862. The van der Waals surface area contributed by atoms with E-state index in [0.29, 0.717) is 18.5 Å². The maximum Gasteiger partial charge on any atom is 0.327 e. The summed E-state index contributed by atoms with van der Waals surface area (Å²) in [5.74, 6) is -0.411. The number of ketones is 1. The van der Waals surface area contributed by atoms with Gasteiger partial charge in [0.1, 0.15) is 6.04 Å². The van der Waals surface area contributed by atoms with Crippen LogP contribution in [0.2, 0.25) is 0 Å². The quantitative estimate of drug-likeness (QED) is 0.600. The largest absolute Gasteiger partial charge is 0.343 e. The lowest BCUT2D eigenvalue weighted by Crippen LogP contribution is -2.37. The summed E-state index contributed by atoms with van der Waals surface area (Å²) in [7, 11) is 0. The van der Waals surface area contributed by atoms with Gasteiger partial charge in [0.2, 0.25) is 0 Å². The normalized spacial score (nSPS) is 19.5. The van der Waals surface area contributed by atoms with Crippen molar-refractivity contribution in [3.63, 3.8) is 0 Å². The minimum Gasteiger partial charge on any atom is -0.343 e. The summed E-state index contributed by atoms with van der Waals surface area (Å²) >= 11 is 1.68. The average molecular weight is 371 g/mol. The first kappa shape index (κ1) is 17.0. The summed E-state index contributed by atoms with van der Waals surface area (Å²) < 4.78 is 2.10. The molecule has 2 fully saturated rings. The fourth-order valence-electron chi connectivity index (χ4n) is 3.94. The Kier molecular flexibility index (Phi) is 4.19. The van der Waals surface area contributed by atoms with Crippen LogP contribution in [0, 0.1) is 13.8 Å². The van der Waals surface area contributed by atoms with Crippen LogP contribution >= 0.6 is 11.3 Å². The number of amides is 3. The molecule has 6 nitrogen and oxygen atoms in total. The summed E-state index contributed by atoms with van der Waals surface area (Å²) in [5, 5.41) is 2.03. The van der Waals surface area contributed by atoms with Gasteiger partial charge < -0.3 is 9.47 Å². The molecule has 0 saturated carbocycles. The van der Waals surface area contributed by atoms with Crippen LogP contribution in [-0.2, 0) is 11.3 Å². The van der Waals surface area contributed by atoms with E-state index in [1.165, 1.54) is 4.88 Å². The number of Topliss-reactive ketones (excluding diaryl/α,β-unsaturated/α-hetero) is 1. The number of urea groups is 1. The predicted octanol–water partition coefficient (Wildman–Crippen LogP) is 2.82. The molecule has 2 aromatic heterocycles. The smallest absolute Gasteiger partial charge is 0.327 e. The molecule has 7 heteroatoms. The van der Waals surface area contributed by atoms with Crippen molar-refractivity contribution in [2.45, 2.75) is 39.3 Å². The second-order valence-electron chi connectivity index (χ2n) is 6.93. The number of carbonyl (C=O) groups excluding carboxylic acids is 3. The van der Waals surface area contributed by atoms with Crippen LogP contribution in [0.25, 0.3) is 0 Å². The van der Waals surface area contributed by atoms with E-state index < -0.39 is 0 Å². The van der Waals surface area contributed by atoms with Crippen LogP contribution in [0.3, 0.4) is 0 Å². The fraction of sp³-hybridized carbons (Fsp3) is 0.421. The van der Waals surface area contributed by atoms with Gasteiger partial charge in [-0.3, -0.25) is 14.5 Å². The average Bonchev–Trinajstić information content (AvgIpc) is 3.37. The van der Waals surface area contributed by atoms with Crippen molar-refractivity contribution in [3.8, 4) is 0 Å². The first-order chi connectivity index (χ1) is 12.5. The summed E-state index contributed by atoms with van der Waals surface area (Å²) in [5.41, 5.74) is 2.46. The molecule has 0 N–H and O–H groups in total. The number of aryl methyl sites for hydroxylation is 1. The van der Waals surface area contributed by atoms with Crippen molar-refractivity contribution < 1.29 is 14.4 Å². The monoisotopic (exact) mass is 371 g/mol. The highest BCUT2D eigenvalue weighted by Gasteiger charge is 2.47. The van der Waals surface area contributed by atoms with Crippen molar-refractivity contribution in [2.75, 3.05) is 13.1 Å². The molecule has 1 atom stereocenters. The number of thiophene rings is 1. The second-order valence-corrected chi connectivity index (χ2v) is 7.96. The zero-order valence-electron chi connectivity index (χ0n) is 14.9. The molecule has 0 aliphatic carbocycles. The molecule has 0 spiro atoms. The van der Waals surface area contributed by atoms with Gasteiger partial charge in [-0.05, 0) is 44.2 Å². The second kappa shape index (κ2) is 6.39. The first-order valence-corrected chi connectivity index (χ1v) is 9.69. The summed E-state index contributed by atoms with van der Waals surface area (Å²) in [4.78, 5) is 41.6. The van der Waals surface area contributed by atoms with E-state index in [-0.39, 0.29) is 30.3 Å². The molecule has 2 aromatic rings. The molecular weight excluding hydrogens is 350 g/mol. The molecule has 136 valence electrons. The third-order valence-electron chi connectivity index (χ3n) is 5.35. The SMILES string of the molecule is Cc1cc(C(=O)CN2C(=O)[C@H]3CCCN3C2=O)c(C)n1Cc1cccs1. The maximum absolute atomic E-state index is 12.8. The number of aromatic nitrogens is 1. The van der Waals surface area contributed by atoms with Crippen molar-refractivity contribution in [1.82, 2.24) is 14.4 Å². The van der Waals surface area contributed by atoms with Crippen molar-refractivity contribution in [1.29, 1.82) is 0 Å². The first-order valence-electron chi connectivity index (χ1n) is 8.81. The van der Waals surface area contributed by atoms with Gasteiger partial charge in [-0.15, -0.1) is 11.3 Å². The van der Waals surface area contributed by atoms with Gasteiger partial charge in [0.15, 0.2) is 5.78 Å². The minimum absolute atomic E-state index is 0.173. The van der Waals surface area contributed by atoms with Crippen LogP contribution in [0.15, 0.2) is 23.6 Å². The summed E-state index contributed by atoms with van der Waals surface area (Å²) in [6.45, 7) is 5.04. The number of nitrogens with zero attached hydrogens (tertiary/aromatic N) is 3. The highest BCUT2D eigenvalue weighted by molar-refractivity contribution is 7.09.